The summed E-state index contributed by atoms with van der Waals surface area (Å²) in [6.45, 7) is 0. The first-order valence-electron chi connectivity index (χ1n) is 22.7. The lowest BCUT2D eigenvalue weighted by Crippen LogP contribution is -2.09. The fourth-order valence-corrected chi connectivity index (χ4v) is 9.80. The van der Waals surface area contributed by atoms with Crippen LogP contribution in [0.3, 0.4) is 0 Å². The molecule has 310 valence electrons. The second-order valence-electron chi connectivity index (χ2n) is 16.9. The van der Waals surface area contributed by atoms with Gasteiger partial charge < -0.3 is 9.47 Å². The molecule has 0 N–H and O–H groups in total. The zero-order valence-electron chi connectivity index (χ0n) is 36.3. The summed E-state index contributed by atoms with van der Waals surface area (Å²) >= 11 is 0. The van der Waals surface area contributed by atoms with Crippen LogP contribution in [0.1, 0.15) is 0 Å². The predicted octanol–water partition coefficient (Wildman–Crippen LogP) is 17.7. The Labute approximate surface area is 385 Å². The molecular weight excluding hydrogens is 797 g/mol. The third kappa shape index (κ3) is 7.12. The molecule has 0 unspecified atom stereocenters. The van der Waals surface area contributed by atoms with E-state index >= 15 is 0 Å². The zero-order chi connectivity index (χ0) is 43.8. The average molecular weight is 841 g/mol. The molecule has 0 aliphatic heterocycles. The minimum atomic E-state index is 1.08. The topological polar surface area (TPSA) is 8.17 Å². The largest absolute Gasteiger partial charge is 0.311 e. The lowest BCUT2D eigenvalue weighted by molar-refractivity contribution is 1.18. The van der Waals surface area contributed by atoms with Crippen LogP contribution in [0.4, 0.5) is 17.1 Å². The van der Waals surface area contributed by atoms with E-state index in [1.54, 1.807) is 0 Å². The van der Waals surface area contributed by atoms with Gasteiger partial charge in [-0.2, -0.15) is 0 Å². The number of nitrogens with zero attached hydrogens (tertiary/aromatic N) is 2. The van der Waals surface area contributed by atoms with Gasteiger partial charge in [0.25, 0.3) is 0 Å². The van der Waals surface area contributed by atoms with Crippen molar-refractivity contribution in [1.29, 1.82) is 0 Å². The molecule has 1 aromatic heterocycles. The second kappa shape index (κ2) is 16.8. The Morgan fingerprint density at radius 1 is 0.242 bits per heavy atom. The molecule has 11 aromatic carbocycles. The van der Waals surface area contributed by atoms with Crippen molar-refractivity contribution in [2.75, 3.05) is 4.90 Å². The van der Waals surface area contributed by atoms with Gasteiger partial charge in [-0.25, -0.2) is 0 Å². The zero-order valence-corrected chi connectivity index (χ0v) is 36.3. The predicted molar refractivity (Wildman–Crippen MR) is 280 cm³/mol. The Bertz CT molecular complexity index is 3600. The van der Waals surface area contributed by atoms with Crippen LogP contribution < -0.4 is 4.90 Å². The van der Waals surface area contributed by atoms with E-state index in [9.17, 15) is 0 Å². The third-order valence-corrected chi connectivity index (χ3v) is 13.0. The molecule has 0 aliphatic rings. The summed E-state index contributed by atoms with van der Waals surface area (Å²) in [6, 6.07) is 96.9. The van der Waals surface area contributed by atoms with Gasteiger partial charge in [-0.3, -0.25) is 0 Å². The standard InChI is InChI=1S/C64H44N2/c1-3-15-45(16-4-1)47-29-36-53(37-30-47)65(54-38-31-49(32-39-54)58-26-14-20-48-19-7-8-23-57(48)58)55-40-33-50(34-41-55)62-44-51(46-17-5-2-6-18-46)35-42-59(62)52-21-13-22-56(43-52)66-63-27-11-9-24-60(63)61-25-10-12-28-64(61)66/h1-44H. The Morgan fingerprint density at radius 2 is 0.682 bits per heavy atom. The first-order chi connectivity index (χ1) is 32.7. The smallest absolute Gasteiger partial charge is 0.0541 e. The second-order valence-corrected chi connectivity index (χ2v) is 16.9. The fourth-order valence-electron chi connectivity index (χ4n) is 9.80. The molecule has 0 saturated heterocycles. The molecule has 0 aliphatic carbocycles. The first kappa shape index (κ1) is 38.9. The fraction of sp³-hybridized carbons (Fsp3) is 0. The summed E-state index contributed by atoms with van der Waals surface area (Å²) in [6.07, 6.45) is 0. The van der Waals surface area contributed by atoms with E-state index in [1.165, 1.54) is 82.6 Å². The van der Waals surface area contributed by atoms with Crippen LogP contribution in [-0.2, 0) is 0 Å². The van der Waals surface area contributed by atoms with Crippen molar-refractivity contribution in [3.8, 4) is 61.3 Å². The summed E-state index contributed by atoms with van der Waals surface area (Å²) in [5.74, 6) is 0. The van der Waals surface area contributed by atoms with Crippen LogP contribution in [0.15, 0.2) is 267 Å². The van der Waals surface area contributed by atoms with E-state index in [0.717, 1.165) is 28.3 Å². The van der Waals surface area contributed by atoms with Crippen LogP contribution in [0.25, 0.3) is 93.9 Å². The number of aromatic nitrogens is 1. The summed E-state index contributed by atoms with van der Waals surface area (Å²) < 4.78 is 2.40. The maximum atomic E-state index is 2.40. The monoisotopic (exact) mass is 840 g/mol. The van der Waals surface area contributed by atoms with E-state index in [1.807, 2.05) is 0 Å². The van der Waals surface area contributed by atoms with E-state index < -0.39 is 0 Å². The number of hydrogen-bond donors (Lipinski definition) is 0. The van der Waals surface area contributed by atoms with Crippen molar-refractivity contribution >= 4 is 49.6 Å². The van der Waals surface area contributed by atoms with Gasteiger partial charge in [-0.15, -0.1) is 0 Å². The quantitative estimate of drug-likeness (QED) is 0.141. The molecule has 2 nitrogen and oxygen atoms in total. The highest BCUT2D eigenvalue weighted by Gasteiger charge is 2.18. The Hall–Kier alpha value is -8.72. The van der Waals surface area contributed by atoms with Gasteiger partial charge in [-0.1, -0.05) is 200 Å². The highest BCUT2D eigenvalue weighted by molar-refractivity contribution is 6.09. The number of rotatable bonds is 9. The van der Waals surface area contributed by atoms with Crippen LogP contribution >= 0.6 is 0 Å². The molecule has 0 amide bonds. The minimum absolute atomic E-state index is 1.08. The van der Waals surface area contributed by atoms with E-state index in [-0.39, 0.29) is 0 Å². The number of para-hydroxylation sites is 2. The van der Waals surface area contributed by atoms with Gasteiger partial charge in [-0.05, 0) is 133 Å². The maximum Gasteiger partial charge on any atom is 0.0541 e. The Morgan fingerprint density at radius 3 is 1.30 bits per heavy atom. The van der Waals surface area contributed by atoms with E-state index in [2.05, 4.69) is 276 Å². The number of hydrogen-bond acceptors (Lipinski definition) is 1. The molecule has 0 atom stereocenters. The van der Waals surface area contributed by atoms with Gasteiger partial charge in [0.2, 0.25) is 0 Å². The molecule has 12 rings (SSSR count). The van der Waals surface area contributed by atoms with E-state index in [4.69, 9.17) is 0 Å². The highest BCUT2D eigenvalue weighted by atomic mass is 15.1. The molecule has 1 heterocycles. The molecular formula is C64H44N2. The normalized spacial score (nSPS) is 11.3. The summed E-state index contributed by atoms with van der Waals surface area (Å²) in [4.78, 5) is 2.36. The van der Waals surface area contributed by atoms with Gasteiger partial charge in [0.05, 0.1) is 11.0 Å². The van der Waals surface area contributed by atoms with Crippen LogP contribution in [-0.4, -0.2) is 4.57 Å². The third-order valence-electron chi connectivity index (χ3n) is 13.0. The van der Waals surface area contributed by atoms with Crippen molar-refractivity contribution < 1.29 is 0 Å². The van der Waals surface area contributed by atoms with E-state index in [0.29, 0.717) is 0 Å². The van der Waals surface area contributed by atoms with Gasteiger partial charge in [0, 0.05) is 33.5 Å². The Balaban J connectivity index is 0.965. The average Bonchev–Trinajstić information content (AvgIpc) is 3.74. The first-order valence-corrected chi connectivity index (χ1v) is 22.7. The Kier molecular flexibility index (Phi) is 9.89. The molecule has 0 bridgehead atoms. The van der Waals surface area contributed by atoms with Gasteiger partial charge >= 0.3 is 0 Å². The lowest BCUT2D eigenvalue weighted by atomic mass is 9.90. The SMILES string of the molecule is c1ccc(-c2ccc(N(c3ccc(-c4cc(-c5ccccc5)ccc4-c4cccc(-n5c6ccccc6c6ccccc65)c4)cc3)c3ccc(-c4cccc5ccccc45)cc3)cc2)cc1. The summed E-state index contributed by atoms with van der Waals surface area (Å²) in [7, 11) is 0. The molecule has 0 spiro atoms. The van der Waals surface area contributed by atoms with Gasteiger partial charge in [0.1, 0.15) is 0 Å². The summed E-state index contributed by atoms with van der Waals surface area (Å²) in [5, 5.41) is 5.01. The van der Waals surface area contributed by atoms with Crippen molar-refractivity contribution in [2.45, 2.75) is 0 Å². The lowest BCUT2D eigenvalue weighted by Gasteiger charge is -2.26. The molecule has 0 saturated carbocycles. The minimum Gasteiger partial charge on any atom is -0.311 e. The number of benzene rings is 11. The molecule has 66 heavy (non-hydrogen) atoms. The van der Waals surface area contributed by atoms with Crippen LogP contribution in [0.2, 0.25) is 0 Å². The highest BCUT2D eigenvalue weighted by Crippen LogP contribution is 2.42. The molecule has 0 fully saturated rings. The van der Waals surface area contributed by atoms with Crippen molar-refractivity contribution in [2.24, 2.45) is 0 Å². The van der Waals surface area contributed by atoms with Crippen molar-refractivity contribution in [3.63, 3.8) is 0 Å². The number of anilines is 3. The molecule has 0 radical (unpaired) electrons. The maximum absolute atomic E-state index is 2.40. The van der Waals surface area contributed by atoms with Gasteiger partial charge in [0.15, 0.2) is 0 Å². The van der Waals surface area contributed by atoms with Crippen molar-refractivity contribution in [3.05, 3.63) is 267 Å². The van der Waals surface area contributed by atoms with Crippen LogP contribution in [0, 0.1) is 0 Å². The molecule has 2 heteroatoms. The van der Waals surface area contributed by atoms with Crippen molar-refractivity contribution in [1.82, 2.24) is 4.57 Å². The summed E-state index contributed by atoms with van der Waals surface area (Å²) in [5.41, 5.74) is 18.7. The molecule has 12 aromatic rings. The number of fused-ring (bicyclic) bond motifs is 4. The van der Waals surface area contributed by atoms with Crippen LogP contribution in [0.5, 0.6) is 0 Å².